The molecule has 5 heteroatoms. The molecule has 1 unspecified atom stereocenters. The molecule has 2 aromatic rings. The smallest absolute Gasteiger partial charge is 0.341 e. The van der Waals surface area contributed by atoms with Crippen LogP contribution in [0.1, 0.15) is 54.1 Å². The van der Waals surface area contributed by atoms with Crippen LogP contribution in [0.4, 0.5) is 5.69 Å². The van der Waals surface area contributed by atoms with Crippen molar-refractivity contribution in [3.63, 3.8) is 0 Å². The van der Waals surface area contributed by atoms with Crippen LogP contribution in [-0.4, -0.2) is 28.7 Å². The summed E-state index contributed by atoms with van der Waals surface area (Å²) in [5.41, 5.74) is 2.76. The predicted octanol–water partition coefficient (Wildman–Crippen LogP) is 3.58. The molecule has 3 aliphatic rings. The topological polar surface area (TPSA) is 62.5 Å². The first-order valence-electron chi connectivity index (χ1n) is 9.71. The van der Waals surface area contributed by atoms with Crippen molar-refractivity contribution in [1.82, 2.24) is 4.57 Å². The number of aryl methyl sites for hydroxylation is 1. The fraction of sp³-hybridized carbons (Fsp3) is 0.524. The molecule has 1 saturated heterocycles. The summed E-state index contributed by atoms with van der Waals surface area (Å²) in [6.45, 7) is 4.27. The van der Waals surface area contributed by atoms with E-state index in [1.807, 2.05) is 16.7 Å². The fourth-order valence-corrected chi connectivity index (χ4v) is 4.71. The average Bonchev–Trinajstić information content (AvgIpc) is 3.54. The van der Waals surface area contributed by atoms with E-state index in [4.69, 9.17) is 0 Å². The van der Waals surface area contributed by atoms with Crippen LogP contribution in [0.2, 0.25) is 0 Å². The van der Waals surface area contributed by atoms with E-state index in [0.717, 1.165) is 48.8 Å². The van der Waals surface area contributed by atoms with E-state index in [-0.39, 0.29) is 11.0 Å². The third-order valence-electron chi connectivity index (χ3n) is 6.44. The molecule has 1 N–H and O–H groups in total. The van der Waals surface area contributed by atoms with Crippen LogP contribution in [0.15, 0.2) is 23.1 Å². The highest BCUT2D eigenvalue weighted by molar-refractivity contribution is 5.95. The zero-order valence-corrected chi connectivity index (χ0v) is 15.1. The molecule has 0 amide bonds. The minimum absolute atomic E-state index is 0.119. The second kappa shape index (κ2) is 5.60. The molecule has 0 radical (unpaired) electrons. The van der Waals surface area contributed by atoms with Gasteiger partial charge in [0.1, 0.15) is 5.56 Å². The Balaban J connectivity index is 1.65. The zero-order valence-electron chi connectivity index (χ0n) is 15.1. The molecule has 5 nitrogen and oxygen atoms in total. The molecule has 2 heterocycles. The Kier molecular flexibility index (Phi) is 3.43. The maximum atomic E-state index is 12.7. The lowest BCUT2D eigenvalue weighted by Crippen LogP contribution is -2.23. The largest absolute Gasteiger partial charge is 0.477 e. The highest BCUT2D eigenvalue weighted by atomic mass is 16.4. The van der Waals surface area contributed by atoms with Gasteiger partial charge in [-0.05, 0) is 68.6 Å². The number of pyridine rings is 1. The van der Waals surface area contributed by atoms with Crippen LogP contribution in [-0.2, 0) is 0 Å². The van der Waals surface area contributed by atoms with Crippen LogP contribution in [0.3, 0.4) is 0 Å². The van der Waals surface area contributed by atoms with Gasteiger partial charge in [-0.2, -0.15) is 0 Å². The van der Waals surface area contributed by atoms with Gasteiger partial charge in [-0.25, -0.2) is 4.79 Å². The number of fused-ring (bicyclic) bond motifs is 1. The number of hydrogen-bond acceptors (Lipinski definition) is 3. The van der Waals surface area contributed by atoms with Gasteiger partial charge in [0.25, 0.3) is 0 Å². The lowest BCUT2D eigenvalue weighted by molar-refractivity contribution is 0.0695. The molecule has 26 heavy (non-hydrogen) atoms. The Morgan fingerprint density at radius 1 is 1.12 bits per heavy atom. The van der Waals surface area contributed by atoms with Crippen LogP contribution in [0.5, 0.6) is 0 Å². The third kappa shape index (κ3) is 2.44. The molecule has 1 atom stereocenters. The van der Waals surface area contributed by atoms with Crippen LogP contribution >= 0.6 is 0 Å². The zero-order chi connectivity index (χ0) is 18.0. The second-order valence-electron chi connectivity index (χ2n) is 8.25. The van der Waals surface area contributed by atoms with Gasteiger partial charge in [0.05, 0.1) is 5.52 Å². The van der Waals surface area contributed by atoms with Crippen molar-refractivity contribution in [3.05, 3.63) is 39.7 Å². The molecule has 1 aromatic heterocycles. The number of anilines is 1. The van der Waals surface area contributed by atoms with E-state index in [2.05, 4.69) is 11.8 Å². The number of carboxylic acids is 1. The summed E-state index contributed by atoms with van der Waals surface area (Å²) in [6, 6.07) is 4.19. The van der Waals surface area contributed by atoms with E-state index in [1.165, 1.54) is 24.9 Å². The van der Waals surface area contributed by atoms with Crippen molar-refractivity contribution in [2.24, 2.45) is 11.8 Å². The van der Waals surface area contributed by atoms with E-state index in [1.54, 1.807) is 6.20 Å². The minimum atomic E-state index is -1.14. The fourth-order valence-electron chi connectivity index (χ4n) is 4.71. The minimum Gasteiger partial charge on any atom is -0.477 e. The lowest BCUT2D eigenvalue weighted by Gasteiger charge is -2.24. The van der Waals surface area contributed by atoms with Crippen LogP contribution < -0.4 is 10.3 Å². The first-order valence-corrected chi connectivity index (χ1v) is 9.71. The number of hydrogen-bond donors (Lipinski definition) is 1. The van der Waals surface area contributed by atoms with Crippen molar-refractivity contribution in [2.75, 3.05) is 18.0 Å². The molecule has 3 fully saturated rings. The average molecular weight is 352 g/mol. The molecule has 0 spiro atoms. The normalized spacial score (nSPS) is 23.0. The standard InChI is InChI=1S/C21H24N2O3/c1-12-18(22-9-8-14(10-22)13-2-3-13)7-6-16-19(12)23(15-4-5-15)11-17(20(16)24)21(25)26/h6-7,11,13-15H,2-5,8-10H2,1H3,(H,25,26). The molecule has 1 aromatic carbocycles. The number of carboxylic acid groups (broad SMARTS) is 1. The molecular weight excluding hydrogens is 328 g/mol. The Morgan fingerprint density at radius 2 is 1.88 bits per heavy atom. The van der Waals surface area contributed by atoms with Gasteiger partial charge in [-0.3, -0.25) is 4.79 Å². The van der Waals surface area contributed by atoms with Crippen molar-refractivity contribution in [2.45, 2.75) is 45.1 Å². The summed E-state index contributed by atoms with van der Waals surface area (Å²) < 4.78 is 2.05. The van der Waals surface area contributed by atoms with Gasteiger partial charge in [0, 0.05) is 36.4 Å². The molecule has 1 aliphatic heterocycles. The Morgan fingerprint density at radius 3 is 2.54 bits per heavy atom. The number of carbonyl (C=O) groups is 1. The summed E-state index contributed by atoms with van der Waals surface area (Å²) in [5, 5.41) is 9.95. The predicted molar refractivity (Wildman–Crippen MR) is 101 cm³/mol. The van der Waals surface area contributed by atoms with E-state index in [0.29, 0.717) is 11.4 Å². The number of aromatic carboxylic acids is 1. The summed E-state index contributed by atoms with van der Waals surface area (Å²) in [6.07, 6.45) is 7.69. The van der Waals surface area contributed by atoms with Gasteiger partial charge >= 0.3 is 5.97 Å². The Hall–Kier alpha value is -2.30. The molecular formula is C21H24N2O3. The lowest BCUT2D eigenvalue weighted by atomic mass is 10.0. The van der Waals surface area contributed by atoms with Crippen molar-refractivity contribution in [1.29, 1.82) is 0 Å². The van der Waals surface area contributed by atoms with E-state index in [9.17, 15) is 14.7 Å². The quantitative estimate of drug-likeness (QED) is 0.914. The van der Waals surface area contributed by atoms with Crippen molar-refractivity contribution >= 4 is 22.6 Å². The molecule has 136 valence electrons. The maximum absolute atomic E-state index is 12.7. The number of rotatable bonds is 4. The van der Waals surface area contributed by atoms with Gasteiger partial charge in [-0.1, -0.05) is 0 Å². The van der Waals surface area contributed by atoms with Crippen LogP contribution in [0.25, 0.3) is 10.9 Å². The third-order valence-corrected chi connectivity index (χ3v) is 6.44. The Labute approximate surface area is 152 Å². The molecule has 5 rings (SSSR count). The monoisotopic (exact) mass is 352 g/mol. The Bertz CT molecular complexity index is 969. The number of benzene rings is 1. The van der Waals surface area contributed by atoms with Crippen molar-refractivity contribution < 1.29 is 9.90 Å². The van der Waals surface area contributed by atoms with Crippen molar-refractivity contribution in [3.8, 4) is 0 Å². The van der Waals surface area contributed by atoms with Crippen LogP contribution in [0, 0.1) is 18.8 Å². The number of aromatic nitrogens is 1. The summed E-state index contributed by atoms with van der Waals surface area (Å²) in [4.78, 5) is 26.7. The SMILES string of the molecule is Cc1c(N2CCC(C3CC3)C2)ccc2c(=O)c(C(=O)O)cn(C3CC3)c12. The van der Waals surface area contributed by atoms with E-state index >= 15 is 0 Å². The summed E-state index contributed by atoms with van der Waals surface area (Å²) in [7, 11) is 0. The highest BCUT2D eigenvalue weighted by Crippen LogP contribution is 2.44. The highest BCUT2D eigenvalue weighted by Gasteiger charge is 2.36. The van der Waals surface area contributed by atoms with Gasteiger partial charge in [-0.15, -0.1) is 0 Å². The first-order chi connectivity index (χ1) is 12.5. The van der Waals surface area contributed by atoms with E-state index < -0.39 is 5.97 Å². The first kappa shape index (κ1) is 15.9. The molecule has 2 saturated carbocycles. The van der Waals surface area contributed by atoms with Gasteiger partial charge in [0.15, 0.2) is 0 Å². The summed E-state index contributed by atoms with van der Waals surface area (Å²) in [5.74, 6) is 0.591. The van der Waals surface area contributed by atoms with Gasteiger partial charge < -0.3 is 14.6 Å². The number of nitrogens with zero attached hydrogens (tertiary/aromatic N) is 2. The maximum Gasteiger partial charge on any atom is 0.341 e. The summed E-state index contributed by atoms with van der Waals surface area (Å²) >= 11 is 0. The molecule has 0 bridgehead atoms. The molecule has 2 aliphatic carbocycles. The second-order valence-corrected chi connectivity index (χ2v) is 8.25. The van der Waals surface area contributed by atoms with Gasteiger partial charge in [0.2, 0.25) is 5.43 Å².